The highest BCUT2D eigenvalue weighted by Crippen LogP contribution is 2.23. The average Bonchev–Trinajstić information content (AvgIpc) is 2.68. The van der Waals surface area contributed by atoms with E-state index in [1.165, 1.54) is 19.3 Å². The highest BCUT2D eigenvalue weighted by molar-refractivity contribution is 5.85. The standard InChI is InChI=1S/C13H22N2O2/c1-10-5-2-3-6-11(10)14-12(16)9-15-8-4-7-13(15)17/h10-11H,2-9H2,1H3,(H,14,16). The molecule has 2 atom stereocenters. The third-order valence-electron chi connectivity index (χ3n) is 3.96. The molecule has 0 radical (unpaired) electrons. The lowest BCUT2D eigenvalue weighted by atomic mass is 9.86. The van der Waals surface area contributed by atoms with E-state index in [9.17, 15) is 9.59 Å². The molecule has 0 aromatic rings. The largest absolute Gasteiger partial charge is 0.352 e. The summed E-state index contributed by atoms with van der Waals surface area (Å²) in [4.78, 5) is 24.9. The molecule has 1 aliphatic heterocycles. The van der Waals surface area contributed by atoms with Crippen LogP contribution < -0.4 is 5.32 Å². The Kier molecular flexibility index (Phi) is 4.02. The topological polar surface area (TPSA) is 49.4 Å². The minimum Gasteiger partial charge on any atom is -0.352 e. The smallest absolute Gasteiger partial charge is 0.239 e. The maximum absolute atomic E-state index is 11.9. The predicted molar refractivity (Wildman–Crippen MR) is 65.4 cm³/mol. The molecule has 1 aliphatic carbocycles. The van der Waals surface area contributed by atoms with Crippen LogP contribution in [0.2, 0.25) is 0 Å². The van der Waals surface area contributed by atoms with Gasteiger partial charge in [-0.1, -0.05) is 19.8 Å². The molecule has 96 valence electrons. The van der Waals surface area contributed by atoms with E-state index in [0.29, 0.717) is 18.4 Å². The summed E-state index contributed by atoms with van der Waals surface area (Å²) in [6.07, 6.45) is 6.27. The lowest BCUT2D eigenvalue weighted by Gasteiger charge is -2.30. The van der Waals surface area contributed by atoms with Crippen LogP contribution in [0, 0.1) is 5.92 Å². The molecule has 4 nitrogen and oxygen atoms in total. The molecule has 1 heterocycles. The van der Waals surface area contributed by atoms with Crippen molar-refractivity contribution in [3.8, 4) is 0 Å². The maximum Gasteiger partial charge on any atom is 0.239 e. The van der Waals surface area contributed by atoms with Gasteiger partial charge in [-0.05, 0) is 25.2 Å². The molecule has 4 heteroatoms. The first-order valence-electron chi connectivity index (χ1n) is 6.74. The Morgan fingerprint density at radius 1 is 1.35 bits per heavy atom. The van der Waals surface area contributed by atoms with Gasteiger partial charge in [0.25, 0.3) is 0 Å². The zero-order valence-electron chi connectivity index (χ0n) is 10.6. The van der Waals surface area contributed by atoms with Crippen LogP contribution in [0.15, 0.2) is 0 Å². The molecule has 1 saturated heterocycles. The number of hydrogen-bond acceptors (Lipinski definition) is 2. The van der Waals surface area contributed by atoms with Crippen molar-refractivity contribution in [1.29, 1.82) is 0 Å². The van der Waals surface area contributed by atoms with E-state index in [4.69, 9.17) is 0 Å². The fourth-order valence-corrected chi connectivity index (χ4v) is 2.83. The Labute approximate surface area is 103 Å². The first-order valence-corrected chi connectivity index (χ1v) is 6.74. The zero-order valence-corrected chi connectivity index (χ0v) is 10.6. The number of carbonyl (C=O) groups is 2. The van der Waals surface area contributed by atoms with Crippen molar-refractivity contribution in [3.63, 3.8) is 0 Å². The molecule has 2 amide bonds. The van der Waals surface area contributed by atoms with E-state index in [-0.39, 0.29) is 18.4 Å². The summed E-state index contributed by atoms with van der Waals surface area (Å²) in [5.74, 6) is 0.706. The molecule has 17 heavy (non-hydrogen) atoms. The van der Waals surface area contributed by atoms with Gasteiger partial charge in [0.15, 0.2) is 0 Å². The number of nitrogens with one attached hydrogen (secondary N) is 1. The van der Waals surface area contributed by atoms with E-state index in [1.54, 1.807) is 4.90 Å². The van der Waals surface area contributed by atoms with Crippen LogP contribution in [0.25, 0.3) is 0 Å². The van der Waals surface area contributed by atoms with E-state index >= 15 is 0 Å². The lowest BCUT2D eigenvalue weighted by Crippen LogP contribution is -2.45. The van der Waals surface area contributed by atoms with Crippen molar-refractivity contribution in [2.75, 3.05) is 13.1 Å². The lowest BCUT2D eigenvalue weighted by molar-refractivity contribution is -0.133. The Morgan fingerprint density at radius 2 is 2.12 bits per heavy atom. The summed E-state index contributed by atoms with van der Waals surface area (Å²) in [6, 6.07) is 0.314. The molecular formula is C13H22N2O2. The van der Waals surface area contributed by atoms with Gasteiger partial charge >= 0.3 is 0 Å². The Bertz CT molecular complexity index is 304. The number of carbonyl (C=O) groups excluding carboxylic acids is 2. The first-order chi connectivity index (χ1) is 8.16. The Hall–Kier alpha value is -1.06. The normalized spacial score (nSPS) is 29.5. The quantitative estimate of drug-likeness (QED) is 0.805. The fourth-order valence-electron chi connectivity index (χ4n) is 2.83. The minimum atomic E-state index is 0.0130. The number of hydrogen-bond donors (Lipinski definition) is 1. The van der Waals surface area contributed by atoms with Crippen LogP contribution in [0.3, 0.4) is 0 Å². The van der Waals surface area contributed by atoms with Gasteiger partial charge < -0.3 is 10.2 Å². The first kappa shape index (κ1) is 12.4. The van der Waals surface area contributed by atoms with Gasteiger partial charge in [0.1, 0.15) is 0 Å². The zero-order chi connectivity index (χ0) is 12.3. The monoisotopic (exact) mass is 238 g/mol. The number of likely N-dealkylation sites (tertiary alicyclic amines) is 1. The van der Waals surface area contributed by atoms with Crippen LogP contribution in [-0.4, -0.2) is 35.8 Å². The van der Waals surface area contributed by atoms with Crippen LogP contribution in [0.4, 0.5) is 0 Å². The van der Waals surface area contributed by atoms with Crippen molar-refractivity contribution in [1.82, 2.24) is 10.2 Å². The second-order valence-corrected chi connectivity index (χ2v) is 5.35. The maximum atomic E-state index is 11.9. The summed E-state index contributed by atoms with van der Waals surface area (Å²) >= 11 is 0. The van der Waals surface area contributed by atoms with Crippen molar-refractivity contribution < 1.29 is 9.59 Å². The molecule has 0 spiro atoms. The molecule has 1 N–H and O–H groups in total. The van der Waals surface area contributed by atoms with Gasteiger partial charge in [-0.15, -0.1) is 0 Å². The molecule has 1 saturated carbocycles. The second kappa shape index (κ2) is 5.52. The van der Waals surface area contributed by atoms with Crippen LogP contribution >= 0.6 is 0 Å². The van der Waals surface area contributed by atoms with Gasteiger partial charge in [-0.3, -0.25) is 9.59 Å². The van der Waals surface area contributed by atoms with E-state index in [0.717, 1.165) is 19.4 Å². The second-order valence-electron chi connectivity index (χ2n) is 5.35. The third-order valence-corrected chi connectivity index (χ3v) is 3.96. The summed E-state index contributed by atoms with van der Waals surface area (Å²) in [5, 5.41) is 3.08. The Balaban J connectivity index is 1.78. The van der Waals surface area contributed by atoms with Crippen LogP contribution in [-0.2, 0) is 9.59 Å². The number of nitrogens with zero attached hydrogens (tertiary/aromatic N) is 1. The third kappa shape index (κ3) is 3.20. The molecule has 2 unspecified atom stereocenters. The van der Waals surface area contributed by atoms with Gasteiger partial charge in [0.2, 0.25) is 11.8 Å². The molecule has 0 aromatic carbocycles. The van der Waals surface area contributed by atoms with Crippen molar-refractivity contribution >= 4 is 11.8 Å². The Morgan fingerprint density at radius 3 is 2.76 bits per heavy atom. The summed E-state index contributed by atoms with van der Waals surface area (Å²) < 4.78 is 0. The molecule has 0 aromatic heterocycles. The van der Waals surface area contributed by atoms with E-state index in [2.05, 4.69) is 12.2 Å². The molecular weight excluding hydrogens is 216 g/mol. The molecule has 2 aliphatic rings. The average molecular weight is 238 g/mol. The fraction of sp³-hybridized carbons (Fsp3) is 0.846. The van der Waals surface area contributed by atoms with E-state index < -0.39 is 0 Å². The van der Waals surface area contributed by atoms with Gasteiger partial charge in [0.05, 0.1) is 6.54 Å². The van der Waals surface area contributed by atoms with Gasteiger partial charge in [-0.25, -0.2) is 0 Å². The summed E-state index contributed by atoms with van der Waals surface area (Å²) in [6.45, 7) is 3.19. The van der Waals surface area contributed by atoms with Gasteiger partial charge in [-0.2, -0.15) is 0 Å². The minimum absolute atomic E-state index is 0.0130. The van der Waals surface area contributed by atoms with Crippen molar-refractivity contribution in [3.05, 3.63) is 0 Å². The predicted octanol–water partition coefficient (Wildman–Crippen LogP) is 1.30. The van der Waals surface area contributed by atoms with Crippen molar-refractivity contribution in [2.24, 2.45) is 5.92 Å². The summed E-state index contributed by atoms with van der Waals surface area (Å²) in [7, 11) is 0. The van der Waals surface area contributed by atoms with Gasteiger partial charge in [0, 0.05) is 19.0 Å². The highest BCUT2D eigenvalue weighted by Gasteiger charge is 2.26. The SMILES string of the molecule is CC1CCCCC1NC(=O)CN1CCCC1=O. The number of amides is 2. The van der Waals surface area contributed by atoms with Crippen molar-refractivity contribution in [2.45, 2.75) is 51.5 Å². The molecule has 2 rings (SSSR count). The molecule has 0 bridgehead atoms. The van der Waals surface area contributed by atoms with E-state index in [1.807, 2.05) is 0 Å². The van der Waals surface area contributed by atoms with Crippen LogP contribution in [0.1, 0.15) is 45.4 Å². The van der Waals surface area contributed by atoms with Crippen LogP contribution in [0.5, 0.6) is 0 Å². The number of rotatable bonds is 3. The highest BCUT2D eigenvalue weighted by atomic mass is 16.2. The summed E-state index contributed by atoms with van der Waals surface area (Å²) in [5.41, 5.74) is 0. The molecule has 2 fully saturated rings.